The Kier molecular flexibility index (Phi) is 5.74. The highest BCUT2D eigenvalue weighted by molar-refractivity contribution is 7.89. The monoisotopic (exact) mass is 408 g/mol. The SMILES string of the molecule is COc1ccc(C2N(C(=O)CCl)CCN2S(=O)(=O)c2ccc(C)cc2)cc1. The van der Waals surface area contributed by atoms with Gasteiger partial charge in [-0.15, -0.1) is 11.6 Å². The normalized spacial score (nSPS) is 17.9. The highest BCUT2D eigenvalue weighted by Crippen LogP contribution is 2.35. The minimum Gasteiger partial charge on any atom is -0.497 e. The Bertz CT molecular complexity index is 914. The van der Waals surface area contributed by atoms with Crippen molar-refractivity contribution in [1.82, 2.24) is 9.21 Å². The first-order chi connectivity index (χ1) is 12.9. The summed E-state index contributed by atoms with van der Waals surface area (Å²) in [5.41, 5.74) is 1.66. The third-order valence-corrected chi connectivity index (χ3v) is 6.70. The second-order valence-corrected chi connectivity index (χ2v) is 8.45. The third kappa shape index (κ3) is 3.81. The zero-order valence-electron chi connectivity index (χ0n) is 15.1. The summed E-state index contributed by atoms with van der Waals surface area (Å²) in [7, 11) is -2.22. The van der Waals surface area contributed by atoms with Gasteiger partial charge in [0.2, 0.25) is 15.9 Å². The molecule has 144 valence electrons. The summed E-state index contributed by atoms with van der Waals surface area (Å²) in [6.45, 7) is 2.39. The molecule has 0 aromatic heterocycles. The first-order valence-electron chi connectivity index (χ1n) is 8.46. The van der Waals surface area contributed by atoms with Gasteiger partial charge in [-0.1, -0.05) is 29.8 Å². The van der Waals surface area contributed by atoms with Crippen molar-refractivity contribution in [3.63, 3.8) is 0 Å². The maximum atomic E-state index is 13.2. The van der Waals surface area contributed by atoms with Gasteiger partial charge in [-0.25, -0.2) is 8.42 Å². The van der Waals surface area contributed by atoms with Crippen LogP contribution < -0.4 is 4.74 Å². The largest absolute Gasteiger partial charge is 0.497 e. The predicted octanol–water partition coefficient (Wildman–Crippen LogP) is 2.77. The van der Waals surface area contributed by atoms with Crippen molar-refractivity contribution >= 4 is 27.5 Å². The standard InChI is InChI=1S/C19H21ClN2O4S/c1-14-3-9-17(10-4-14)27(24,25)22-12-11-21(18(23)13-20)19(22)15-5-7-16(26-2)8-6-15/h3-10,19H,11-13H2,1-2H3. The molecule has 27 heavy (non-hydrogen) atoms. The zero-order valence-corrected chi connectivity index (χ0v) is 16.7. The molecule has 1 aliphatic rings. The zero-order chi connectivity index (χ0) is 19.6. The highest BCUT2D eigenvalue weighted by atomic mass is 35.5. The summed E-state index contributed by atoms with van der Waals surface area (Å²) < 4.78 is 33.0. The van der Waals surface area contributed by atoms with E-state index in [9.17, 15) is 13.2 Å². The summed E-state index contributed by atoms with van der Waals surface area (Å²) in [5.74, 6) is 0.143. The number of hydrogen-bond acceptors (Lipinski definition) is 4. The van der Waals surface area contributed by atoms with Gasteiger partial charge < -0.3 is 9.64 Å². The van der Waals surface area contributed by atoms with E-state index in [-0.39, 0.29) is 29.8 Å². The number of alkyl halides is 1. The van der Waals surface area contributed by atoms with E-state index in [0.717, 1.165) is 5.56 Å². The number of methoxy groups -OCH3 is 1. The second-order valence-electron chi connectivity index (χ2n) is 6.30. The molecule has 1 unspecified atom stereocenters. The Morgan fingerprint density at radius 2 is 1.74 bits per heavy atom. The van der Waals surface area contributed by atoms with Gasteiger partial charge in [-0.3, -0.25) is 4.79 Å². The number of aryl methyl sites for hydroxylation is 1. The van der Waals surface area contributed by atoms with Gasteiger partial charge in [0.25, 0.3) is 0 Å². The van der Waals surface area contributed by atoms with E-state index in [0.29, 0.717) is 11.3 Å². The minimum absolute atomic E-state index is 0.201. The van der Waals surface area contributed by atoms with Gasteiger partial charge in [0.05, 0.1) is 12.0 Å². The number of halogens is 1. The molecule has 1 saturated heterocycles. The minimum atomic E-state index is -3.78. The van der Waals surface area contributed by atoms with Crippen molar-refractivity contribution in [2.45, 2.75) is 18.0 Å². The molecule has 0 saturated carbocycles. The number of hydrogen-bond donors (Lipinski definition) is 0. The fourth-order valence-electron chi connectivity index (χ4n) is 3.16. The van der Waals surface area contributed by atoms with E-state index in [4.69, 9.17) is 16.3 Å². The molecule has 0 radical (unpaired) electrons. The van der Waals surface area contributed by atoms with E-state index in [1.54, 1.807) is 55.6 Å². The van der Waals surface area contributed by atoms with Crippen LogP contribution in [0.4, 0.5) is 0 Å². The lowest BCUT2D eigenvalue weighted by Crippen LogP contribution is -2.38. The van der Waals surface area contributed by atoms with Crippen LogP contribution >= 0.6 is 11.6 Å². The predicted molar refractivity (Wildman–Crippen MR) is 103 cm³/mol. The van der Waals surface area contributed by atoms with Crippen LogP contribution in [0.3, 0.4) is 0 Å². The lowest BCUT2D eigenvalue weighted by molar-refractivity contribution is -0.130. The summed E-state index contributed by atoms with van der Waals surface area (Å²) in [6, 6.07) is 13.7. The average molecular weight is 409 g/mol. The van der Waals surface area contributed by atoms with Crippen LogP contribution in [0.2, 0.25) is 0 Å². The highest BCUT2D eigenvalue weighted by Gasteiger charge is 2.42. The first-order valence-corrected chi connectivity index (χ1v) is 10.4. The molecule has 1 fully saturated rings. The van der Waals surface area contributed by atoms with Crippen LogP contribution in [-0.4, -0.2) is 49.6 Å². The quantitative estimate of drug-likeness (QED) is 0.713. The molecular weight excluding hydrogens is 388 g/mol. The average Bonchev–Trinajstić information content (AvgIpc) is 3.13. The smallest absolute Gasteiger partial charge is 0.245 e. The van der Waals surface area contributed by atoms with Gasteiger partial charge in [0, 0.05) is 13.1 Å². The van der Waals surface area contributed by atoms with Crippen LogP contribution in [0, 0.1) is 6.92 Å². The summed E-state index contributed by atoms with van der Waals surface area (Å²) in [4.78, 5) is 14.0. The molecular formula is C19H21ClN2O4S. The van der Waals surface area contributed by atoms with Crippen molar-refractivity contribution in [2.75, 3.05) is 26.1 Å². The number of sulfonamides is 1. The summed E-state index contributed by atoms with van der Waals surface area (Å²) in [6.07, 6.45) is -0.742. The molecule has 2 aromatic rings. The van der Waals surface area contributed by atoms with E-state index in [1.165, 1.54) is 9.21 Å². The third-order valence-electron chi connectivity index (χ3n) is 4.61. The van der Waals surface area contributed by atoms with Gasteiger partial charge in [-0.05, 0) is 36.8 Å². The molecule has 2 aromatic carbocycles. The molecule has 3 rings (SSSR count). The van der Waals surface area contributed by atoms with Crippen LogP contribution in [-0.2, 0) is 14.8 Å². The Hall–Kier alpha value is -2.09. The molecule has 0 N–H and O–H groups in total. The van der Waals surface area contributed by atoms with Crippen molar-refractivity contribution in [3.8, 4) is 5.75 Å². The van der Waals surface area contributed by atoms with Gasteiger partial charge in [-0.2, -0.15) is 4.31 Å². The number of nitrogens with zero attached hydrogens (tertiary/aromatic N) is 2. The molecule has 0 bridgehead atoms. The number of rotatable bonds is 5. The lowest BCUT2D eigenvalue weighted by Gasteiger charge is -2.30. The molecule has 1 heterocycles. The van der Waals surface area contributed by atoms with Gasteiger partial charge >= 0.3 is 0 Å². The van der Waals surface area contributed by atoms with Crippen molar-refractivity contribution in [1.29, 1.82) is 0 Å². The molecule has 8 heteroatoms. The summed E-state index contributed by atoms with van der Waals surface area (Å²) >= 11 is 5.75. The van der Waals surface area contributed by atoms with Crippen LogP contribution in [0.15, 0.2) is 53.4 Å². The van der Waals surface area contributed by atoms with E-state index in [2.05, 4.69) is 0 Å². The Morgan fingerprint density at radius 3 is 2.30 bits per heavy atom. The first kappa shape index (κ1) is 19.7. The second kappa shape index (κ2) is 7.88. The number of benzene rings is 2. The maximum absolute atomic E-state index is 13.2. The maximum Gasteiger partial charge on any atom is 0.245 e. The molecule has 1 atom stereocenters. The van der Waals surface area contributed by atoms with Crippen molar-refractivity contribution < 1.29 is 17.9 Å². The Balaban J connectivity index is 2.04. The van der Waals surface area contributed by atoms with E-state index < -0.39 is 16.2 Å². The van der Waals surface area contributed by atoms with Crippen LogP contribution in [0.25, 0.3) is 0 Å². The number of amides is 1. The molecule has 1 aliphatic heterocycles. The van der Waals surface area contributed by atoms with Gasteiger partial charge in [0.1, 0.15) is 17.8 Å². The van der Waals surface area contributed by atoms with E-state index in [1.807, 2.05) is 6.92 Å². The topological polar surface area (TPSA) is 66.9 Å². The fourth-order valence-corrected chi connectivity index (χ4v) is 4.89. The van der Waals surface area contributed by atoms with Crippen LogP contribution in [0.5, 0.6) is 5.75 Å². The summed E-state index contributed by atoms with van der Waals surface area (Å²) in [5, 5.41) is 0. The lowest BCUT2D eigenvalue weighted by atomic mass is 10.1. The molecule has 0 aliphatic carbocycles. The number of carbonyl (C=O) groups is 1. The fraction of sp³-hybridized carbons (Fsp3) is 0.316. The number of carbonyl (C=O) groups excluding carboxylic acids is 1. The Morgan fingerprint density at radius 1 is 1.11 bits per heavy atom. The van der Waals surface area contributed by atoms with Gasteiger partial charge in [0.15, 0.2) is 0 Å². The number of ether oxygens (including phenoxy) is 1. The van der Waals surface area contributed by atoms with Crippen molar-refractivity contribution in [3.05, 3.63) is 59.7 Å². The Labute approximate surface area is 164 Å². The molecule has 0 spiro atoms. The van der Waals surface area contributed by atoms with Crippen LogP contribution in [0.1, 0.15) is 17.3 Å². The van der Waals surface area contributed by atoms with Crippen molar-refractivity contribution in [2.24, 2.45) is 0 Å². The molecule has 1 amide bonds. The van der Waals surface area contributed by atoms with E-state index >= 15 is 0 Å². The molecule has 6 nitrogen and oxygen atoms in total.